The fourth-order valence-corrected chi connectivity index (χ4v) is 2.57. The van der Waals surface area contributed by atoms with Crippen LogP contribution in [0.3, 0.4) is 0 Å². The average molecular weight is 216 g/mol. The van der Waals surface area contributed by atoms with Crippen molar-refractivity contribution in [3.63, 3.8) is 0 Å². The van der Waals surface area contributed by atoms with Crippen LogP contribution in [-0.4, -0.2) is 9.38 Å². The molecule has 0 atom stereocenters. The molecule has 15 heavy (non-hydrogen) atoms. The summed E-state index contributed by atoms with van der Waals surface area (Å²) in [6, 6.07) is 9.32. The Hall–Kier alpha value is -1.68. The Labute approximate surface area is 89.6 Å². The lowest BCUT2D eigenvalue weighted by Crippen LogP contribution is -2.09. The molecule has 4 heteroatoms. The first-order chi connectivity index (χ1) is 7.25. The summed E-state index contributed by atoms with van der Waals surface area (Å²) in [6.07, 6.45) is 0. The maximum atomic E-state index is 11.8. The summed E-state index contributed by atoms with van der Waals surface area (Å²) in [7, 11) is 0. The fraction of sp³-hybridized carbons (Fsp3) is 0.0909. The fourth-order valence-electron chi connectivity index (χ4n) is 1.70. The summed E-state index contributed by atoms with van der Waals surface area (Å²) in [6.45, 7) is 1.92. The zero-order valence-corrected chi connectivity index (χ0v) is 8.91. The Morgan fingerprint density at radius 1 is 1.33 bits per heavy atom. The molecule has 0 unspecified atom stereocenters. The second kappa shape index (κ2) is 2.90. The molecule has 0 aliphatic rings. The number of hydrogen-bond acceptors (Lipinski definition) is 3. The van der Waals surface area contributed by atoms with E-state index in [1.807, 2.05) is 31.2 Å². The van der Waals surface area contributed by atoms with E-state index in [0.29, 0.717) is 0 Å². The summed E-state index contributed by atoms with van der Waals surface area (Å²) < 4.78 is 1.66. The molecule has 0 aliphatic carbocycles. The first kappa shape index (κ1) is 8.61. The SMILES string of the molecule is Cc1cc(=O)n2c(nc3ccccc32)s1. The largest absolute Gasteiger partial charge is 0.269 e. The van der Waals surface area contributed by atoms with E-state index in [0.717, 1.165) is 20.9 Å². The van der Waals surface area contributed by atoms with Crippen LogP contribution in [0.15, 0.2) is 35.1 Å². The number of para-hydroxylation sites is 2. The maximum absolute atomic E-state index is 11.8. The minimum Gasteiger partial charge on any atom is -0.269 e. The Morgan fingerprint density at radius 3 is 3.00 bits per heavy atom. The molecule has 1 aromatic carbocycles. The number of hydrogen-bond donors (Lipinski definition) is 0. The van der Waals surface area contributed by atoms with Crippen molar-refractivity contribution in [1.82, 2.24) is 9.38 Å². The van der Waals surface area contributed by atoms with Crippen LogP contribution in [0.2, 0.25) is 0 Å². The predicted octanol–water partition coefficient (Wildman–Crippen LogP) is 2.22. The second-order valence-electron chi connectivity index (χ2n) is 3.41. The van der Waals surface area contributed by atoms with Gasteiger partial charge in [-0.25, -0.2) is 4.98 Å². The summed E-state index contributed by atoms with van der Waals surface area (Å²) in [4.78, 5) is 18.0. The molecule has 0 spiro atoms. The normalized spacial score (nSPS) is 11.3. The molecule has 2 aromatic heterocycles. The minimum absolute atomic E-state index is 0.00468. The van der Waals surface area contributed by atoms with Gasteiger partial charge in [-0.15, -0.1) is 11.3 Å². The lowest BCUT2D eigenvalue weighted by molar-refractivity contribution is 1.17. The van der Waals surface area contributed by atoms with Crippen molar-refractivity contribution >= 4 is 27.3 Å². The highest BCUT2D eigenvalue weighted by molar-refractivity contribution is 7.16. The maximum Gasteiger partial charge on any atom is 0.258 e. The van der Waals surface area contributed by atoms with Crippen LogP contribution in [0.5, 0.6) is 0 Å². The molecule has 0 bridgehead atoms. The molecular weight excluding hydrogens is 208 g/mol. The molecule has 0 amide bonds. The second-order valence-corrected chi connectivity index (χ2v) is 4.63. The quantitative estimate of drug-likeness (QED) is 0.577. The molecular formula is C11H8N2OS. The Kier molecular flexibility index (Phi) is 1.67. The first-order valence-electron chi connectivity index (χ1n) is 4.64. The van der Waals surface area contributed by atoms with E-state index >= 15 is 0 Å². The van der Waals surface area contributed by atoms with E-state index in [4.69, 9.17) is 0 Å². The van der Waals surface area contributed by atoms with Crippen LogP contribution >= 0.6 is 11.3 Å². The van der Waals surface area contributed by atoms with Gasteiger partial charge < -0.3 is 0 Å². The van der Waals surface area contributed by atoms with Gasteiger partial charge in [-0.05, 0) is 19.1 Å². The topological polar surface area (TPSA) is 34.4 Å². The van der Waals surface area contributed by atoms with Gasteiger partial charge >= 0.3 is 0 Å². The van der Waals surface area contributed by atoms with Crippen LogP contribution < -0.4 is 5.56 Å². The number of benzene rings is 1. The molecule has 0 saturated carbocycles. The zero-order valence-electron chi connectivity index (χ0n) is 8.10. The third-order valence-electron chi connectivity index (χ3n) is 2.33. The smallest absolute Gasteiger partial charge is 0.258 e. The van der Waals surface area contributed by atoms with Crippen LogP contribution in [0.1, 0.15) is 4.88 Å². The molecule has 3 rings (SSSR count). The number of aryl methyl sites for hydroxylation is 1. The number of rotatable bonds is 0. The van der Waals surface area contributed by atoms with Gasteiger partial charge in [-0.1, -0.05) is 12.1 Å². The van der Waals surface area contributed by atoms with Crippen LogP contribution in [0.4, 0.5) is 0 Å². The van der Waals surface area contributed by atoms with Gasteiger partial charge in [0.2, 0.25) is 0 Å². The zero-order chi connectivity index (χ0) is 10.4. The highest BCUT2D eigenvalue weighted by Gasteiger charge is 2.06. The lowest BCUT2D eigenvalue weighted by Gasteiger charge is -1.93. The third kappa shape index (κ3) is 1.18. The Bertz CT molecular complexity index is 711. The molecule has 0 saturated heterocycles. The van der Waals surface area contributed by atoms with Gasteiger partial charge in [0.25, 0.3) is 5.56 Å². The van der Waals surface area contributed by atoms with Gasteiger partial charge in [0.05, 0.1) is 11.0 Å². The highest BCUT2D eigenvalue weighted by atomic mass is 32.1. The molecule has 2 heterocycles. The average Bonchev–Trinajstić information content (AvgIpc) is 2.54. The monoisotopic (exact) mass is 216 g/mol. The van der Waals surface area contributed by atoms with Gasteiger partial charge in [-0.2, -0.15) is 0 Å². The van der Waals surface area contributed by atoms with Gasteiger partial charge in [0.1, 0.15) is 0 Å². The van der Waals surface area contributed by atoms with Crippen LogP contribution in [0, 0.1) is 6.92 Å². The highest BCUT2D eigenvalue weighted by Crippen LogP contribution is 2.18. The standard InChI is InChI=1S/C11H8N2OS/c1-7-6-10(14)13-9-5-3-2-4-8(9)12-11(13)15-7/h2-6H,1H3. The van der Waals surface area contributed by atoms with E-state index in [9.17, 15) is 4.79 Å². The van der Waals surface area contributed by atoms with E-state index in [-0.39, 0.29) is 5.56 Å². The number of aromatic nitrogens is 2. The van der Waals surface area contributed by atoms with Crippen LogP contribution in [0.25, 0.3) is 16.0 Å². The third-order valence-corrected chi connectivity index (χ3v) is 3.23. The van der Waals surface area contributed by atoms with E-state index in [1.54, 1.807) is 10.5 Å². The van der Waals surface area contributed by atoms with Crippen molar-refractivity contribution in [2.45, 2.75) is 6.92 Å². The van der Waals surface area contributed by atoms with Crippen molar-refractivity contribution in [1.29, 1.82) is 0 Å². The van der Waals surface area contributed by atoms with E-state index in [2.05, 4.69) is 4.98 Å². The first-order valence-corrected chi connectivity index (χ1v) is 5.45. The summed E-state index contributed by atoms with van der Waals surface area (Å²) >= 11 is 1.53. The number of nitrogens with zero attached hydrogens (tertiary/aromatic N) is 2. The van der Waals surface area contributed by atoms with E-state index in [1.165, 1.54) is 11.3 Å². The summed E-state index contributed by atoms with van der Waals surface area (Å²) in [5.74, 6) is 0. The van der Waals surface area contributed by atoms with Crippen molar-refractivity contribution in [2.75, 3.05) is 0 Å². The van der Waals surface area contributed by atoms with E-state index < -0.39 is 0 Å². The molecule has 0 fully saturated rings. The molecule has 0 aliphatic heterocycles. The van der Waals surface area contributed by atoms with Crippen LogP contribution in [-0.2, 0) is 0 Å². The van der Waals surface area contributed by atoms with Gasteiger partial charge in [-0.3, -0.25) is 9.20 Å². The van der Waals surface area contributed by atoms with Crippen molar-refractivity contribution < 1.29 is 0 Å². The number of fused-ring (bicyclic) bond motifs is 3. The summed E-state index contributed by atoms with van der Waals surface area (Å²) in [5, 5.41) is 0. The molecule has 3 nitrogen and oxygen atoms in total. The lowest BCUT2D eigenvalue weighted by atomic mass is 10.3. The Morgan fingerprint density at radius 2 is 2.13 bits per heavy atom. The van der Waals surface area contributed by atoms with Gasteiger partial charge in [0, 0.05) is 10.9 Å². The predicted molar refractivity (Wildman–Crippen MR) is 61.6 cm³/mol. The van der Waals surface area contributed by atoms with Crippen molar-refractivity contribution in [2.24, 2.45) is 0 Å². The van der Waals surface area contributed by atoms with Gasteiger partial charge in [0.15, 0.2) is 4.96 Å². The molecule has 3 aromatic rings. The Balaban J connectivity index is 2.67. The summed E-state index contributed by atoms with van der Waals surface area (Å²) in [5.41, 5.74) is 1.75. The molecule has 74 valence electrons. The van der Waals surface area contributed by atoms with Crippen molar-refractivity contribution in [3.05, 3.63) is 45.6 Å². The molecule has 0 radical (unpaired) electrons. The molecule has 0 N–H and O–H groups in total. The number of imidazole rings is 1. The van der Waals surface area contributed by atoms with Crippen molar-refractivity contribution in [3.8, 4) is 0 Å². The minimum atomic E-state index is -0.00468.